The zero-order valence-electron chi connectivity index (χ0n) is 15.6. The third-order valence-electron chi connectivity index (χ3n) is 4.70. The van der Waals surface area contributed by atoms with E-state index in [9.17, 15) is 14.4 Å². The van der Waals surface area contributed by atoms with E-state index in [2.05, 4.69) is 0 Å². The number of primary amides is 1. The standard InChI is InChI=1S/C21H20N2O5/c1-12-6-3-4-7-14(12)10-23-13(2)18(20(26)21(22)27)19-15(23)8-5-9-16(19)28-11-17(24)25/h3-9H,10-11H2,1-2H3,(H2,22,27)(H,24,25). The normalized spacial score (nSPS) is 10.8. The molecule has 0 unspecified atom stereocenters. The van der Waals surface area contributed by atoms with E-state index in [-0.39, 0.29) is 11.3 Å². The number of hydrogen-bond donors (Lipinski definition) is 2. The van der Waals surface area contributed by atoms with Crippen LogP contribution in [-0.4, -0.2) is 33.9 Å². The monoisotopic (exact) mass is 380 g/mol. The van der Waals surface area contributed by atoms with Crippen molar-refractivity contribution in [2.45, 2.75) is 20.4 Å². The molecule has 0 saturated carbocycles. The van der Waals surface area contributed by atoms with Crippen molar-refractivity contribution in [2.75, 3.05) is 6.61 Å². The van der Waals surface area contributed by atoms with Crippen LogP contribution < -0.4 is 10.5 Å². The topological polar surface area (TPSA) is 112 Å². The molecule has 1 aromatic heterocycles. The first kappa shape index (κ1) is 19.2. The Morgan fingerprint density at radius 1 is 1.07 bits per heavy atom. The Balaban J connectivity index is 2.24. The minimum absolute atomic E-state index is 0.136. The van der Waals surface area contributed by atoms with Crippen LogP contribution in [0.25, 0.3) is 10.9 Å². The highest BCUT2D eigenvalue weighted by Gasteiger charge is 2.26. The van der Waals surface area contributed by atoms with Crippen LogP contribution in [0.1, 0.15) is 27.2 Å². The van der Waals surface area contributed by atoms with Gasteiger partial charge < -0.3 is 20.1 Å². The lowest BCUT2D eigenvalue weighted by Gasteiger charge is -2.11. The second kappa shape index (κ2) is 7.56. The van der Waals surface area contributed by atoms with E-state index >= 15 is 0 Å². The fourth-order valence-corrected chi connectivity index (χ4v) is 3.31. The first-order valence-electron chi connectivity index (χ1n) is 8.66. The number of hydrogen-bond acceptors (Lipinski definition) is 4. The average molecular weight is 380 g/mol. The van der Waals surface area contributed by atoms with E-state index < -0.39 is 24.3 Å². The molecular weight excluding hydrogens is 360 g/mol. The van der Waals surface area contributed by atoms with Crippen LogP contribution in [0.15, 0.2) is 42.5 Å². The van der Waals surface area contributed by atoms with Gasteiger partial charge in [0.25, 0.3) is 11.7 Å². The van der Waals surface area contributed by atoms with Crippen molar-refractivity contribution in [3.05, 3.63) is 64.8 Å². The van der Waals surface area contributed by atoms with Gasteiger partial charge in [-0.15, -0.1) is 0 Å². The van der Waals surface area contributed by atoms with Crippen molar-refractivity contribution in [1.82, 2.24) is 4.57 Å². The van der Waals surface area contributed by atoms with Gasteiger partial charge in [-0.2, -0.15) is 0 Å². The Bertz CT molecular complexity index is 1100. The number of aromatic nitrogens is 1. The predicted octanol–water partition coefficient (Wildman–Crippen LogP) is 2.44. The van der Waals surface area contributed by atoms with Crippen LogP contribution in [0.2, 0.25) is 0 Å². The molecule has 0 radical (unpaired) electrons. The maximum absolute atomic E-state index is 12.5. The number of Topliss-reactive ketones (excluding diaryl/α,β-unsaturated/α-hetero) is 1. The molecule has 1 heterocycles. The lowest BCUT2D eigenvalue weighted by atomic mass is 10.1. The molecule has 3 aromatic rings. The Morgan fingerprint density at radius 2 is 1.79 bits per heavy atom. The van der Waals surface area contributed by atoms with E-state index in [1.807, 2.05) is 35.8 Å². The highest BCUT2D eigenvalue weighted by Crippen LogP contribution is 2.34. The average Bonchev–Trinajstić information content (AvgIpc) is 2.93. The van der Waals surface area contributed by atoms with Crippen LogP contribution in [0.3, 0.4) is 0 Å². The van der Waals surface area contributed by atoms with E-state index in [4.69, 9.17) is 15.6 Å². The lowest BCUT2D eigenvalue weighted by molar-refractivity contribution is -0.139. The summed E-state index contributed by atoms with van der Waals surface area (Å²) in [5.41, 5.74) is 8.75. The van der Waals surface area contributed by atoms with Crippen molar-refractivity contribution in [2.24, 2.45) is 5.73 Å². The third-order valence-corrected chi connectivity index (χ3v) is 4.70. The number of rotatable bonds is 7. The van der Waals surface area contributed by atoms with Crippen LogP contribution in [0.5, 0.6) is 5.75 Å². The van der Waals surface area contributed by atoms with E-state index in [0.717, 1.165) is 11.1 Å². The third kappa shape index (κ3) is 3.46. The number of fused-ring (bicyclic) bond motifs is 1. The van der Waals surface area contributed by atoms with Gasteiger partial charge in [-0.05, 0) is 37.1 Å². The molecule has 7 heteroatoms. The predicted molar refractivity (Wildman–Crippen MR) is 104 cm³/mol. The van der Waals surface area contributed by atoms with Crippen LogP contribution in [-0.2, 0) is 16.1 Å². The summed E-state index contributed by atoms with van der Waals surface area (Å²) >= 11 is 0. The molecule has 0 fully saturated rings. The molecule has 28 heavy (non-hydrogen) atoms. The van der Waals surface area contributed by atoms with E-state index in [1.165, 1.54) is 0 Å². The van der Waals surface area contributed by atoms with Gasteiger partial charge in [0.1, 0.15) is 5.75 Å². The molecule has 3 rings (SSSR count). The molecule has 0 aliphatic rings. The summed E-state index contributed by atoms with van der Waals surface area (Å²) < 4.78 is 7.28. The number of carbonyl (C=O) groups is 3. The molecule has 0 saturated heterocycles. The summed E-state index contributed by atoms with van der Waals surface area (Å²) in [6.45, 7) is 3.64. The number of aryl methyl sites for hydroxylation is 1. The molecule has 144 valence electrons. The SMILES string of the molecule is Cc1ccccc1Cn1c(C)c(C(=O)C(N)=O)c2c(OCC(=O)O)cccc21. The summed E-state index contributed by atoms with van der Waals surface area (Å²) in [6, 6.07) is 12.9. The van der Waals surface area contributed by atoms with Gasteiger partial charge in [0.2, 0.25) is 0 Å². The molecule has 0 aliphatic heterocycles. The number of carboxylic acid groups (broad SMARTS) is 1. The van der Waals surface area contributed by atoms with Gasteiger partial charge in [-0.1, -0.05) is 30.3 Å². The van der Waals surface area contributed by atoms with E-state index in [1.54, 1.807) is 25.1 Å². The highest BCUT2D eigenvalue weighted by molar-refractivity contribution is 6.45. The van der Waals surface area contributed by atoms with Crippen molar-refractivity contribution < 1.29 is 24.2 Å². The van der Waals surface area contributed by atoms with Crippen molar-refractivity contribution in [3.63, 3.8) is 0 Å². The van der Waals surface area contributed by atoms with Crippen LogP contribution >= 0.6 is 0 Å². The van der Waals surface area contributed by atoms with Crippen molar-refractivity contribution >= 4 is 28.6 Å². The molecule has 1 amide bonds. The summed E-state index contributed by atoms with van der Waals surface area (Å²) in [4.78, 5) is 35.1. The van der Waals surface area contributed by atoms with E-state index in [0.29, 0.717) is 23.1 Å². The molecule has 2 aromatic carbocycles. The molecule has 0 atom stereocenters. The molecule has 0 bridgehead atoms. The minimum atomic E-state index is -1.14. The van der Waals surface area contributed by atoms with Gasteiger partial charge in [0, 0.05) is 12.2 Å². The lowest BCUT2D eigenvalue weighted by Crippen LogP contribution is -2.24. The zero-order valence-corrected chi connectivity index (χ0v) is 15.6. The minimum Gasteiger partial charge on any atom is -0.481 e. The summed E-state index contributed by atoms with van der Waals surface area (Å²) in [5.74, 6) is -2.84. The maximum atomic E-state index is 12.5. The molecular formula is C21H20N2O5. The number of ether oxygens (including phenoxy) is 1. The number of ketones is 1. The number of aliphatic carboxylic acids is 1. The van der Waals surface area contributed by atoms with Crippen LogP contribution in [0, 0.1) is 13.8 Å². The zero-order chi connectivity index (χ0) is 20.4. The molecule has 0 spiro atoms. The van der Waals surface area contributed by atoms with Crippen molar-refractivity contribution in [3.8, 4) is 5.75 Å². The number of benzene rings is 2. The number of carboxylic acids is 1. The smallest absolute Gasteiger partial charge is 0.341 e. The summed E-state index contributed by atoms with van der Waals surface area (Å²) in [6.07, 6.45) is 0. The van der Waals surface area contributed by atoms with Gasteiger partial charge in [0.15, 0.2) is 6.61 Å². The summed E-state index contributed by atoms with van der Waals surface area (Å²) in [7, 11) is 0. The fourth-order valence-electron chi connectivity index (χ4n) is 3.31. The molecule has 7 nitrogen and oxygen atoms in total. The highest BCUT2D eigenvalue weighted by atomic mass is 16.5. The number of nitrogens with zero attached hydrogens (tertiary/aromatic N) is 1. The largest absolute Gasteiger partial charge is 0.481 e. The molecule has 0 aliphatic carbocycles. The first-order chi connectivity index (χ1) is 13.3. The van der Waals surface area contributed by atoms with Gasteiger partial charge >= 0.3 is 5.97 Å². The Kier molecular flexibility index (Phi) is 5.17. The maximum Gasteiger partial charge on any atom is 0.341 e. The second-order valence-corrected chi connectivity index (χ2v) is 6.50. The van der Waals surface area contributed by atoms with Gasteiger partial charge in [0.05, 0.1) is 16.5 Å². The Labute approximate surface area is 161 Å². The van der Waals surface area contributed by atoms with Gasteiger partial charge in [-0.3, -0.25) is 9.59 Å². The Morgan fingerprint density at radius 3 is 2.43 bits per heavy atom. The van der Waals surface area contributed by atoms with Crippen LogP contribution in [0.4, 0.5) is 0 Å². The number of amides is 1. The number of nitrogens with two attached hydrogens (primary N) is 1. The number of carbonyl (C=O) groups excluding carboxylic acids is 2. The summed E-state index contributed by atoms with van der Waals surface area (Å²) in [5, 5.41) is 9.32. The molecule has 3 N–H and O–H groups in total. The second-order valence-electron chi connectivity index (χ2n) is 6.50. The quantitative estimate of drug-likeness (QED) is 0.483. The Hall–Kier alpha value is -3.61. The first-order valence-corrected chi connectivity index (χ1v) is 8.66. The van der Waals surface area contributed by atoms with Gasteiger partial charge in [-0.25, -0.2) is 4.79 Å². The fraction of sp³-hybridized carbons (Fsp3) is 0.190. The van der Waals surface area contributed by atoms with Crippen molar-refractivity contribution in [1.29, 1.82) is 0 Å².